The van der Waals surface area contributed by atoms with E-state index in [0.717, 1.165) is 5.56 Å². The number of rotatable bonds is 5. The fourth-order valence-corrected chi connectivity index (χ4v) is 2.51. The Labute approximate surface area is 151 Å². The summed E-state index contributed by atoms with van der Waals surface area (Å²) in [6.07, 6.45) is 3.13. The van der Waals surface area contributed by atoms with Gasteiger partial charge in [-0.1, -0.05) is 49.7 Å². The second-order valence-corrected chi connectivity index (χ2v) is 6.43. The highest BCUT2D eigenvalue weighted by Crippen LogP contribution is 2.30. The number of benzene rings is 2. The zero-order chi connectivity index (χ0) is 18.6. The van der Waals surface area contributed by atoms with Crippen molar-refractivity contribution in [2.75, 3.05) is 5.32 Å². The molecule has 0 aliphatic rings. The fraction of sp³-hybridized carbons (Fsp3) is 0.211. The van der Waals surface area contributed by atoms with Crippen LogP contribution in [0.5, 0.6) is 0 Å². The molecule has 5 nitrogen and oxygen atoms in total. The van der Waals surface area contributed by atoms with Gasteiger partial charge in [0.05, 0.1) is 4.92 Å². The van der Waals surface area contributed by atoms with E-state index in [4.69, 9.17) is 11.6 Å². The number of hydrogen-bond donors (Lipinski definition) is 1. The predicted octanol–water partition coefficient (Wildman–Crippen LogP) is 5.33. The van der Waals surface area contributed by atoms with Crippen molar-refractivity contribution in [2.45, 2.75) is 26.7 Å². The zero-order valence-electron chi connectivity index (χ0n) is 14.2. The molecule has 0 bridgehead atoms. The van der Waals surface area contributed by atoms with Gasteiger partial charge in [0.15, 0.2) is 0 Å². The lowest BCUT2D eigenvalue weighted by Gasteiger charge is -2.07. The van der Waals surface area contributed by atoms with Crippen LogP contribution in [0.25, 0.3) is 6.08 Å². The van der Waals surface area contributed by atoms with Crippen LogP contribution in [0.3, 0.4) is 0 Å². The first-order chi connectivity index (χ1) is 11.8. The van der Waals surface area contributed by atoms with Crippen LogP contribution in [0.1, 0.15) is 36.5 Å². The Morgan fingerprint density at radius 2 is 1.88 bits per heavy atom. The monoisotopic (exact) mass is 358 g/mol. The van der Waals surface area contributed by atoms with Gasteiger partial charge >= 0.3 is 0 Å². The van der Waals surface area contributed by atoms with Crippen molar-refractivity contribution in [2.24, 2.45) is 0 Å². The van der Waals surface area contributed by atoms with Gasteiger partial charge < -0.3 is 5.32 Å². The molecule has 0 fully saturated rings. The Kier molecular flexibility index (Phi) is 5.93. The molecular weight excluding hydrogens is 340 g/mol. The van der Waals surface area contributed by atoms with E-state index in [2.05, 4.69) is 19.2 Å². The second kappa shape index (κ2) is 7.94. The first-order valence-electron chi connectivity index (χ1n) is 7.81. The molecule has 2 rings (SSSR count). The zero-order valence-corrected chi connectivity index (χ0v) is 15.0. The molecule has 0 saturated carbocycles. The molecule has 0 saturated heterocycles. The average molecular weight is 359 g/mol. The molecule has 1 amide bonds. The number of nitro benzene ring substituents is 1. The molecule has 0 unspecified atom stereocenters. The average Bonchev–Trinajstić information content (AvgIpc) is 2.56. The number of anilines is 1. The number of nitrogens with one attached hydrogen (secondary N) is 1. The third-order valence-corrected chi connectivity index (χ3v) is 4.08. The Morgan fingerprint density at radius 1 is 1.24 bits per heavy atom. The Bertz CT molecular complexity index is 827. The third-order valence-electron chi connectivity index (χ3n) is 3.78. The number of nitrogens with zero attached hydrogens (tertiary/aromatic N) is 1. The van der Waals surface area contributed by atoms with E-state index < -0.39 is 4.92 Å². The van der Waals surface area contributed by atoms with Crippen LogP contribution in [0.4, 0.5) is 11.4 Å². The molecule has 6 heteroatoms. The van der Waals surface area contributed by atoms with Crippen molar-refractivity contribution < 1.29 is 9.72 Å². The smallest absolute Gasteiger partial charge is 0.288 e. The van der Waals surface area contributed by atoms with E-state index in [1.807, 2.05) is 24.3 Å². The van der Waals surface area contributed by atoms with Crippen molar-refractivity contribution in [3.05, 3.63) is 74.3 Å². The van der Waals surface area contributed by atoms with Gasteiger partial charge in [-0.3, -0.25) is 14.9 Å². The number of aryl methyl sites for hydroxylation is 1. The van der Waals surface area contributed by atoms with Gasteiger partial charge in [-0.15, -0.1) is 0 Å². The van der Waals surface area contributed by atoms with E-state index in [0.29, 0.717) is 17.2 Å². The largest absolute Gasteiger partial charge is 0.322 e. The Balaban J connectivity index is 2.09. The van der Waals surface area contributed by atoms with Gasteiger partial charge in [0.1, 0.15) is 5.02 Å². The Morgan fingerprint density at radius 3 is 2.44 bits per heavy atom. The third kappa shape index (κ3) is 4.90. The maximum atomic E-state index is 12.1. The lowest BCUT2D eigenvalue weighted by Crippen LogP contribution is -2.09. The maximum absolute atomic E-state index is 12.1. The minimum Gasteiger partial charge on any atom is -0.322 e. The molecule has 130 valence electrons. The number of carbonyl (C=O) groups excluding carboxylic acids is 1. The van der Waals surface area contributed by atoms with Crippen molar-refractivity contribution in [1.29, 1.82) is 0 Å². The minimum absolute atomic E-state index is 0.0147. The van der Waals surface area contributed by atoms with Gasteiger partial charge in [0.2, 0.25) is 5.91 Å². The van der Waals surface area contributed by atoms with Crippen LogP contribution < -0.4 is 5.32 Å². The van der Waals surface area contributed by atoms with E-state index in [1.54, 1.807) is 13.0 Å². The van der Waals surface area contributed by atoms with Crippen LogP contribution in [0.15, 0.2) is 42.5 Å². The van der Waals surface area contributed by atoms with Crippen molar-refractivity contribution in [3.63, 3.8) is 0 Å². The molecule has 0 heterocycles. The van der Waals surface area contributed by atoms with Crippen molar-refractivity contribution in [1.82, 2.24) is 0 Å². The van der Waals surface area contributed by atoms with E-state index >= 15 is 0 Å². The van der Waals surface area contributed by atoms with Gasteiger partial charge in [0, 0.05) is 17.8 Å². The van der Waals surface area contributed by atoms with Crippen LogP contribution >= 0.6 is 11.6 Å². The molecule has 0 aliphatic heterocycles. The summed E-state index contributed by atoms with van der Waals surface area (Å²) in [5.41, 5.74) is 2.98. The van der Waals surface area contributed by atoms with Gasteiger partial charge in [-0.25, -0.2) is 0 Å². The number of carbonyl (C=O) groups is 1. The highest BCUT2D eigenvalue weighted by atomic mass is 35.5. The first-order valence-corrected chi connectivity index (χ1v) is 8.19. The first kappa shape index (κ1) is 18.7. The molecule has 0 radical (unpaired) electrons. The molecule has 0 atom stereocenters. The summed E-state index contributed by atoms with van der Waals surface area (Å²) in [4.78, 5) is 22.4. The number of halogens is 1. The highest BCUT2D eigenvalue weighted by molar-refractivity contribution is 6.33. The van der Waals surface area contributed by atoms with Gasteiger partial charge in [0.25, 0.3) is 5.69 Å². The molecular formula is C19H19ClN2O3. The second-order valence-electron chi connectivity index (χ2n) is 6.02. The highest BCUT2D eigenvalue weighted by Gasteiger charge is 2.15. The minimum atomic E-state index is -0.554. The summed E-state index contributed by atoms with van der Waals surface area (Å²) in [6, 6.07) is 10.7. The Hall–Kier alpha value is -2.66. The van der Waals surface area contributed by atoms with Crippen molar-refractivity contribution in [3.8, 4) is 0 Å². The normalized spacial score (nSPS) is 11.1. The lowest BCUT2D eigenvalue weighted by atomic mass is 10.0. The summed E-state index contributed by atoms with van der Waals surface area (Å²) in [5, 5.41) is 13.5. The maximum Gasteiger partial charge on any atom is 0.288 e. The van der Waals surface area contributed by atoms with Gasteiger partial charge in [-0.2, -0.15) is 0 Å². The quantitative estimate of drug-likeness (QED) is 0.446. The SMILES string of the molecule is Cc1cc([N+](=O)[O-])c(Cl)cc1NC(=O)/C=C/c1ccc(C(C)C)cc1. The number of amides is 1. The molecule has 2 aromatic carbocycles. The summed E-state index contributed by atoms with van der Waals surface area (Å²) in [7, 11) is 0. The lowest BCUT2D eigenvalue weighted by molar-refractivity contribution is -0.384. The topological polar surface area (TPSA) is 72.2 Å². The van der Waals surface area contributed by atoms with E-state index in [1.165, 1.54) is 23.8 Å². The molecule has 0 aromatic heterocycles. The van der Waals surface area contributed by atoms with E-state index in [9.17, 15) is 14.9 Å². The molecule has 1 N–H and O–H groups in total. The standard InChI is InChI=1S/C19H19ClN2O3/c1-12(2)15-7-4-14(5-8-15)6-9-19(23)21-17-11-16(20)18(22(24)25)10-13(17)3/h4-12H,1-3H3,(H,21,23)/b9-6+. The molecule has 25 heavy (non-hydrogen) atoms. The molecule has 0 spiro atoms. The van der Waals surface area contributed by atoms with Crippen LogP contribution in [-0.4, -0.2) is 10.8 Å². The molecule has 0 aliphatic carbocycles. The van der Waals surface area contributed by atoms with Gasteiger partial charge in [-0.05, 0) is 41.7 Å². The molecule has 2 aromatic rings. The summed E-state index contributed by atoms with van der Waals surface area (Å²) >= 11 is 5.88. The summed E-state index contributed by atoms with van der Waals surface area (Å²) in [5.74, 6) is 0.122. The summed E-state index contributed by atoms with van der Waals surface area (Å²) < 4.78 is 0. The van der Waals surface area contributed by atoms with Crippen LogP contribution in [-0.2, 0) is 4.79 Å². The van der Waals surface area contributed by atoms with Crippen molar-refractivity contribution >= 4 is 35.0 Å². The predicted molar refractivity (Wildman–Crippen MR) is 101 cm³/mol. The fourth-order valence-electron chi connectivity index (χ4n) is 2.28. The number of nitro groups is 1. The summed E-state index contributed by atoms with van der Waals surface area (Å²) in [6.45, 7) is 5.92. The van der Waals surface area contributed by atoms with Crippen LogP contribution in [0, 0.1) is 17.0 Å². The van der Waals surface area contributed by atoms with Crippen LogP contribution in [0.2, 0.25) is 5.02 Å². The van der Waals surface area contributed by atoms with E-state index in [-0.39, 0.29) is 16.6 Å². The number of hydrogen-bond acceptors (Lipinski definition) is 3.